The van der Waals surface area contributed by atoms with Crippen LogP contribution in [0.25, 0.3) is 0 Å². The van der Waals surface area contributed by atoms with Crippen LogP contribution in [0, 0.1) is 0 Å². The monoisotopic (exact) mass is 474 g/mol. The van der Waals surface area contributed by atoms with Crippen LogP contribution in [-0.4, -0.2) is 11.0 Å². The molecule has 0 N–H and O–H groups in total. The number of benzene rings is 3. The first-order valence-electron chi connectivity index (χ1n) is 11.1. The van der Waals surface area contributed by atoms with Crippen LogP contribution in [0.2, 0.25) is 0 Å². The summed E-state index contributed by atoms with van der Waals surface area (Å²) in [7, 11) is 0. The summed E-state index contributed by atoms with van der Waals surface area (Å²) in [5.74, 6) is 0.0619. The van der Waals surface area contributed by atoms with Gasteiger partial charge >= 0.3 is 0 Å². The van der Waals surface area contributed by atoms with Crippen LogP contribution in [0.4, 0.5) is 0 Å². The zero-order valence-corrected chi connectivity index (χ0v) is 21.7. The van der Waals surface area contributed by atoms with Crippen LogP contribution in [0.5, 0.6) is 0 Å². The molecule has 3 aromatic rings. The molecule has 0 radical (unpaired) electrons. The number of carbonyl (C=O) groups is 1. The van der Waals surface area contributed by atoms with Gasteiger partial charge in [0, 0.05) is 31.1 Å². The van der Waals surface area contributed by atoms with Gasteiger partial charge in [-0.3, -0.25) is 4.79 Å². The molecule has 0 fully saturated rings. The Hall–Kier alpha value is -2.75. The van der Waals surface area contributed by atoms with Gasteiger partial charge in [0.15, 0.2) is 5.78 Å². The van der Waals surface area contributed by atoms with Crippen LogP contribution in [-0.2, 0) is 0 Å². The third-order valence-corrected chi connectivity index (χ3v) is 6.05. The molecular weight excluding hydrogens is 440 g/mol. The number of rotatable bonds is 8. The second-order valence-electron chi connectivity index (χ2n) is 6.81. The minimum absolute atomic E-state index is 0.0619. The fraction of sp³-hybridized carbons (Fsp3) is 0.167. The molecule has 0 amide bonds. The summed E-state index contributed by atoms with van der Waals surface area (Å²) in [6, 6.07) is 27.3. The van der Waals surface area contributed by atoms with Crippen molar-refractivity contribution in [3.63, 3.8) is 0 Å². The smallest absolute Gasteiger partial charge is 0.193 e. The van der Waals surface area contributed by atoms with Crippen LogP contribution >= 0.6 is 23.5 Å². The lowest BCUT2D eigenvalue weighted by Crippen LogP contribution is -2.00. The van der Waals surface area contributed by atoms with Gasteiger partial charge in [-0.1, -0.05) is 113 Å². The fourth-order valence-electron chi connectivity index (χ4n) is 2.60. The minimum atomic E-state index is 0.0619. The fourth-order valence-corrected chi connectivity index (χ4v) is 4.25. The van der Waals surface area contributed by atoms with E-state index in [1.54, 1.807) is 29.6 Å². The molecule has 3 aromatic carbocycles. The maximum absolute atomic E-state index is 12.3. The highest BCUT2D eigenvalue weighted by atomic mass is 32.2. The molecular formula is C30H34OS2. The van der Waals surface area contributed by atoms with E-state index in [9.17, 15) is 4.79 Å². The molecule has 0 aliphatic carbocycles. The van der Waals surface area contributed by atoms with E-state index in [2.05, 4.69) is 39.1 Å². The maximum atomic E-state index is 12.3. The van der Waals surface area contributed by atoms with Crippen molar-refractivity contribution in [2.45, 2.75) is 42.7 Å². The zero-order valence-electron chi connectivity index (χ0n) is 20.0. The molecule has 0 unspecified atom stereocenters. The molecule has 0 spiro atoms. The summed E-state index contributed by atoms with van der Waals surface area (Å²) in [4.78, 5) is 15.8. The zero-order chi connectivity index (χ0) is 24.5. The van der Waals surface area contributed by atoms with E-state index in [1.807, 2.05) is 98.8 Å². The minimum Gasteiger partial charge on any atom is -0.289 e. The first-order chi connectivity index (χ1) is 16.0. The van der Waals surface area contributed by atoms with Gasteiger partial charge in [0.25, 0.3) is 0 Å². The van der Waals surface area contributed by atoms with Crippen molar-refractivity contribution in [1.29, 1.82) is 0 Å². The number of carbonyl (C=O) groups excluding carboxylic acids is 1. The Labute approximate surface area is 208 Å². The van der Waals surface area contributed by atoms with Crippen molar-refractivity contribution in [3.8, 4) is 0 Å². The third-order valence-electron chi connectivity index (χ3n) is 3.99. The van der Waals surface area contributed by atoms with Crippen molar-refractivity contribution < 1.29 is 4.79 Å². The lowest BCUT2D eigenvalue weighted by Gasteiger charge is -2.04. The van der Waals surface area contributed by atoms with E-state index in [-0.39, 0.29) is 5.78 Å². The number of hydrogen-bond donors (Lipinski definition) is 0. The quantitative estimate of drug-likeness (QED) is 0.239. The molecule has 1 nitrogen and oxygen atoms in total. The molecule has 0 atom stereocenters. The number of allylic oxidation sites excluding steroid dienone is 3. The Bertz CT molecular complexity index is 988. The maximum Gasteiger partial charge on any atom is 0.193 e. The van der Waals surface area contributed by atoms with Gasteiger partial charge in [-0.05, 0) is 42.5 Å². The Balaban J connectivity index is 0.000000386. The summed E-state index contributed by atoms with van der Waals surface area (Å²) in [5.41, 5.74) is 1.44. The van der Waals surface area contributed by atoms with Crippen LogP contribution < -0.4 is 0 Å². The van der Waals surface area contributed by atoms with Gasteiger partial charge < -0.3 is 0 Å². The van der Waals surface area contributed by atoms with Crippen molar-refractivity contribution >= 4 is 29.3 Å². The predicted octanol–water partition coefficient (Wildman–Crippen LogP) is 9.48. The second-order valence-corrected chi connectivity index (χ2v) is 9.61. The molecule has 172 valence electrons. The molecule has 0 heterocycles. The van der Waals surface area contributed by atoms with Gasteiger partial charge in [-0.15, -0.1) is 11.8 Å². The van der Waals surface area contributed by atoms with E-state index >= 15 is 0 Å². The SMILES string of the molecule is C=C/C=C(\C=C)SC(C)C.CC.O=C(c1ccccc1)c1ccc(Sc2ccccc2)cc1. The summed E-state index contributed by atoms with van der Waals surface area (Å²) in [6.07, 6.45) is 5.61. The molecule has 0 aliphatic rings. The van der Waals surface area contributed by atoms with E-state index in [0.717, 1.165) is 16.0 Å². The van der Waals surface area contributed by atoms with Crippen LogP contribution in [0.3, 0.4) is 0 Å². The molecule has 0 bridgehead atoms. The van der Waals surface area contributed by atoms with Crippen LogP contribution in [0.1, 0.15) is 43.6 Å². The number of ketones is 1. The Morgan fingerprint density at radius 2 is 1.24 bits per heavy atom. The predicted molar refractivity (Wildman–Crippen MR) is 149 cm³/mol. The van der Waals surface area contributed by atoms with E-state index < -0.39 is 0 Å². The highest BCUT2D eigenvalue weighted by molar-refractivity contribution is 8.03. The summed E-state index contributed by atoms with van der Waals surface area (Å²) in [6.45, 7) is 15.6. The Morgan fingerprint density at radius 1 is 0.758 bits per heavy atom. The lowest BCUT2D eigenvalue weighted by atomic mass is 10.0. The second kappa shape index (κ2) is 16.8. The normalized spacial score (nSPS) is 10.3. The molecule has 0 saturated carbocycles. The van der Waals surface area contributed by atoms with Gasteiger partial charge in [0.2, 0.25) is 0 Å². The first-order valence-corrected chi connectivity index (χ1v) is 12.8. The lowest BCUT2D eigenvalue weighted by molar-refractivity contribution is 0.103. The summed E-state index contributed by atoms with van der Waals surface area (Å²) >= 11 is 3.49. The van der Waals surface area contributed by atoms with Crippen molar-refractivity contribution in [1.82, 2.24) is 0 Å². The average molecular weight is 475 g/mol. The molecule has 0 aliphatic heterocycles. The van der Waals surface area contributed by atoms with Crippen LogP contribution in [0.15, 0.2) is 131 Å². The highest BCUT2D eigenvalue weighted by Crippen LogP contribution is 2.27. The first kappa shape index (κ1) is 28.3. The van der Waals surface area contributed by atoms with Gasteiger partial charge in [-0.2, -0.15) is 0 Å². The van der Waals surface area contributed by atoms with Gasteiger partial charge in [0.1, 0.15) is 0 Å². The van der Waals surface area contributed by atoms with E-state index in [1.165, 1.54) is 9.80 Å². The Morgan fingerprint density at radius 3 is 1.73 bits per heavy atom. The average Bonchev–Trinajstić information content (AvgIpc) is 2.86. The topological polar surface area (TPSA) is 17.1 Å². The molecule has 33 heavy (non-hydrogen) atoms. The number of hydrogen-bond acceptors (Lipinski definition) is 3. The molecule has 0 saturated heterocycles. The highest BCUT2D eigenvalue weighted by Gasteiger charge is 2.08. The van der Waals surface area contributed by atoms with Gasteiger partial charge in [0.05, 0.1) is 0 Å². The number of thioether (sulfide) groups is 1. The van der Waals surface area contributed by atoms with Crippen molar-refractivity contribution in [2.24, 2.45) is 0 Å². The molecule has 3 heteroatoms. The Kier molecular flexibility index (Phi) is 14.4. The van der Waals surface area contributed by atoms with Crippen molar-refractivity contribution in [3.05, 3.63) is 132 Å². The molecule has 0 aromatic heterocycles. The van der Waals surface area contributed by atoms with Crippen molar-refractivity contribution in [2.75, 3.05) is 0 Å². The van der Waals surface area contributed by atoms with E-state index in [4.69, 9.17) is 0 Å². The standard InChI is InChI=1S/C19H14OS.C9H14S.C2H6/c20-19(15-7-3-1-4-8-15)16-11-13-18(14-12-16)21-17-9-5-2-6-10-17;1-5-7-9(6-2)10-8(3)4;1-2/h1-14H;5-8H,1-2H2,3-4H3;1-2H3/b;9-7+;. The largest absolute Gasteiger partial charge is 0.289 e. The third kappa shape index (κ3) is 11.1. The summed E-state index contributed by atoms with van der Waals surface area (Å²) < 4.78 is 0. The van der Waals surface area contributed by atoms with E-state index in [0.29, 0.717) is 5.25 Å². The summed E-state index contributed by atoms with van der Waals surface area (Å²) in [5, 5.41) is 0.615. The molecule has 3 rings (SSSR count). The van der Waals surface area contributed by atoms with Gasteiger partial charge in [-0.25, -0.2) is 0 Å².